The van der Waals surface area contributed by atoms with Gasteiger partial charge in [-0.3, -0.25) is 0 Å². The molecule has 0 saturated heterocycles. The molecule has 1 aromatic heterocycles. The molecule has 0 bridgehead atoms. The van der Waals surface area contributed by atoms with Crippen LogP contribution in [0.1, 0.15) is 5.69 Å². The fourth-order valence-corrected chi connectivity index (χ4v) is 0.981. The van der Waals surface area contributed by atoms with Crippen LogP contribution in [0.3, 0.4) is 0 Å². The van der Waals surface area contributed by atoms with Crippen LogP contribution in [-0.2, 0) is 6.42 Å². The van der Waals surface area contributed by atoms with E-state index in [1.807, 2.05) is 0 Å². The molecule has 0 aliphatic heterocycles. The maximum absolute atomic E-state index is 11.8. The van der Waals surface area contributed by atoms with Crippen molar-refractivity contribution in [1.29, 1.82) is 0 Å². The van der Waals surface area contributed by atoms with Crippen molar-refractivity contribution in [2.45, 2.75) is 12.6 Å². The van der Waals surface area contributed by atoms with Gasteiger partial charge in [-0.2, -0.15) is 13.2 Å². The van der Waals surface area contributed by atoms with Gasteiger partial charge in [0.2, 0.25) is 5.88 Å². The summed E-state index contributed by atoms with van der Waals surface area (Å²) >= 11 is 0. The standard InChI is InChI=1S/C9H11F3N2O.ClH/c10-9(11,12)6-15-8-3-1-2-7(14-8)4-5-13;/h1-3H,4-6,13H2;1H. The lowest BCUT2D eigenvalue weighted by molar-refractivity contribution is -0.154. The highest BCUT2D eigenvalue weighted by atomic mass is 35.5. The zero-order valence-electron chi connectivity index (χ0n) is 8.33. The van der Waals surface area contributed by atoms with Crippen LogP contribution in [-0.4, -0.2) is 24.3 Å². The van der Waals surface area contributed by atoms with Gasteiger partial charge in [0, 0.05) is 18.2 Å². The minimum absolute atomic E-state index is 0. The summed E-state index contributed by atoms with van der Waals surface area (Å²) in [5.74, 6) is -0.0294. The molecule has 1 aromatic rings. The Kier molecular flexibility index (Phi) is 6.13. The van der Waals surface area contributed by atoms with Crippen LogP contribution < -0.4 is 10.5 Å². The SMILES string of the molecule is Cl.NCCc1cccc(OCC(F)(F)F)n1. The summed E-state index contributed by atoms with van der Waals surface area (Å²) in [5, 5.41) is 0. The molecule has 7 heteroatoms. The lowest BCUT2D eigenvalue weighted by Gasteiger charge is -2.08. The molecule has 0 aromatic carbocycles. The fraction of sp³-hybridized carbons (Fsp3) is 0.444. The summed E-state index contributed by atoms with van der Waals surface area (Å²) in [5.41, 5.74) is 5.92. The summed E-state index contributed by atoms with van der Waals surface area (Å²) in [7, 11) is 0. The Bertz CT molecular complexity index is 320. The smallest absolute Gasteiger partial charge is 0.422 e. The second-order valence-corrected chi connectivity index (χ2v) is 2.91. The molecule has 0 spiro atoms. The van der Waals surface area contributed by atoms with Crippen LogP contribution in [0.5, 0.6) is 5.88 Å². The Morgan fingerprint density at radius 1 is 1.31 bits per heavy atom. The van der Waals surface area contributed by atoms with E-state index in [1.165, 1.54) is 6.07 Å². The maximum atomic E-state index is 11.8. The molecule has 0 aliphatic rings. The molecule has 0 atom stereocenters. The second kappa shape index (κ2) is 6.55. The van der Waals surface area contributed by atoms with Crippen molar-refractivity contribution in [2.75, 3.05) is 13.2 Å². The first-order chi connectivity index (χ1) is 7.01. The maximum Gasteiger partial charge on any atom is 0.422 e. The molecule has 0 unspecified atom stereocenters. The average Bonchev–Trinajstić information content (AvgIpc) is 2.15. The van der Waals surface area contributed by atoms with Crippen molar-refractivity contribution in [3.8, 4) is 5.88 Å². The molecule has 0 saturated carbocycles. The highest BCUT2D eigenvalue weighted by Crippen LogP contribution is 2.17. The van der Waals surface area contributed by atoms with Crippen LogP contribution in [0.25, 0.3) is 0 Å². The van der Waals surface area contributed by atoms with Crippen LogP contribution in [0, 0.1) is 0 Å². The Morgan fingerprint density at radius 2 is 2.00 bits per heavy atom. The van der Waals surface area contributed by atoms with Gasteiger partial charge in [-0.1, -0.05) is 6.07 Å². The molecule has 0 radical (unpaired) electrons. The first-order valence-electron chi connectivity index (χ1n) is 4.37. The van der Waals surface area contributed by atoms with E-state index in [4.69, 9.17) is 5.73 Å². The number of nitrogens with two attached hydrogens (primary N) is 1. The molecular formula is C9H12ClF3N2O. The predicted octanol–water partition coefficient (Wildman–Crippen LogP) is 1.95. The predicted molar refractivity (Wildman–Crippen MR) is 55.8 cm³/mol. The van der Waals surface area contributed by atoms with Crippen molar-refractivity contribution in [1.82, 2.24) is 4.98 Å². The molecule has 2 N–H and O–H groups in total. The molecule has 16 heavy (non-hydrogen) atoms. The summed E-state index contributed by atoms with van der Waals surface area (Å²) in [6.07, 6.45) is -3.82. The van der Waals surface area contributed by atoms with E-state index < -0.39 is 12.8 Å². The number of hydrogen-bond acceptors (Lipinski definition) is 3. The summed E-state index contributed by atoms with van der Waals surface area (Å²) in [4.78, 5) is 3.86. The number of ether oxygens (including phenoxy) is 1. The van der Waals surface area contributed by atoms with Crippen LogP contribution >= 0.6 is 12.4 Å². The van der Waals surface area contributed by atoms with Gasteiger partial charge in [0.1, 0.15) is 0 Å². The summed E-state index contributed by atoms with van der Waals surface area (Å²) in [6.45, 7) is -0.929. The number of aromatic nitrogens is 1. The number of hydrogen-bond donors (Lipinski definition) is 1. The van der Waals surface area contributed by atoms with Gasteiger partial charge < -0.3 is 10.5 Å². The third kappa shape index (κ3) is 5.77. The highest BCUT2D eigenvalue weighted by Gasteiger charge is 2.28. The van der Waals surface area contributed by atoms with E-state index in [1.54, 1.807) is 12.1 Å². The van der Waals surface area contributed by atoms with E-state index in [0.29, 0.717) is 18.7 Å². The van der Waals surface area contributed by atoms with Crippen LogP contribution in [0.4, 0.5) is 13.2 Å². The van der Waals surface area contributed by atoms with E-state index >= 15 is 0 Å². The summed E-state index contributed by atoms with van der Waals surface area (Å²) in [6, 6.07) is 4.66. The number of alkyl halides is 3. The molecule has 0 aliphatic carbocycles. The molecule has 1 rings (SSSR count). The summed E-state index contributed by atoms with van der Waals surface area (Å²) < 4.78 is 39.9. The molecular weight excluding hydrogens is 245 g/mol. The Labute approximate surface area is 97.2 Å². The molecule has 92 valence electrons. The van der Waals surface area contributed by atoms with Gasteiger partial charge in [-0.05, 0) is 12.6 Å². The molecule has 0 fully saturated rings. The van der Waals surface area contributed by atoms with E-state index in [2.05, 4.69) is 9.72 Å². The largest absolute Gasteiger partial charge is 0.468 e. The first kappa shape index (κ1) is 15.0. The quantitative estimate of drug-likeness (QED) is 0.896. The fourth-order valence-electron chi connectivity index (χ4n) is 0.981. The zero-order chi connectivity index (χ0) is 11.3. The van der Waals surface area contributed by atoms with Crippen LogP contribution in [0.15, 0.2) is 18.2 Å². The number of halogens is 4. The van der Waals surface area contributed by atoms with E-state index in [9.17, 15) is 13.2 Å². The number of nitrogens with zero attached hydrogens (tertiary/aromatic N) is 1. The monoisotopic (exact) mass is 256 g/mol. The second-order valence-electron chi connectivity index (χ2n) is 2.91. The zero-order valence-corrected chi connectivity index (χ0v) is 9.14. The minimum Gasteiger partial charge on any atom is -0.468 e. The first-order valence-corrected chi connectivity index (χ1v) is 4.37. The highest BCUT2D eigenvalue weighted by molar-refractivity contribution is 5.85. The van der Waals surface area contributed by atoms with Gasteiger partial charge in [0.15, 0.2) is 6.61 Å². The minimum atomic E-state index is -4.34. The van der Waals surface area contributed by atoms with Gasteiger partial charge in [0.05, 0.1) is 0 Å². The lowest BCUT2D eigenvalue weighted by Crippen LogP contribution is -2.19. The number of rotatable bonds is 4. The van der Waals surface area contributed by atoms with Gasteiger partial charge >= 0.3 is 6.18 Å². The Hall–Kier alpha value is -1.01. The van der Waals surface area contributed by atoms with Crippen molar-refractivity contribution < 1.29 is 17.9 Å². The Morgan fingerprint density at radius 3 is 2.56 bits per heavy atom. The van der Waals surface area contributed by atoms with Gasteiger partial charge in [-0.25, -0.2) is 4.98 Å². The van der Waals surface area contributed by atoms with E-state index in [0.717, 1.165) is 0 Å². The Balaban J connectivity index is 0.00000225. The third-order valence-electron chi connectivity index (χ3n) is 1.57. The normalized spacial score (nSPS) is 10.8. The molecule has 3 nitrogen and oxygen atoms in total. The van der Waals surface area contributed by atoms with Crippen molar-refractivity contribution in [3.63, 3.8) is 0 Å². The average molecular weight is 257 g/mol. The number of pyridine rings is 1. The van der Waals surface area contributed by atoms with Crippen LogP contribution in [0.2, 0.25) is 0 Å². The lowest BCUT2D eigenvalue weighted by atomic mass is 10.3. The van der Waals surface area contributed by atoms with E-state index in [-0.39, 0.29) is 18.3 Å². The van der Waals surface area contributed by atoms with Crippen molar-refractivity contribution in [2.24, 2.45) is 5.73 Å². The van der Waals surface area contributed by atoms with Crippen molar-refractivity contribution in [3.05, 3.63) is 23.9 Å². The van der Waals surface area contributed by atoms with Crippen molar-refractivity contribution >= 4 is 12.4 Å². The third-order valence-corrected chi connectivity index (χ3v) is 1.57. The van der Waals surface area contributed by atoms with Gasteiger partial charge in [-0.15, -0.1) is 12.4 Å². The van der Waals surface area contributed by atoms with Gasteiger partial charge in [0.25, 0.3) is 0 Å². The molecule has 0 amide bonds. The molecule has 1 heterocycles. The topological polar surface area (TPSA) is 48.1 Å².